The van der Waals surface area contributed by atoms with Gasteiger partial charge in [0.2, 0.25) is 0 Å². The molecule has 0 bridgehead atoms. The summed E-state index contributed by atoms with van der Waals surface area (Å²) in [6.45, 7) is 0. The minimum absolute atomic E-state index is 0.0449. The number of hydrogen-bond donors (Lipinski definition) is 3. The number of aliphatic hydroxyl groups excluding tert-OH is 1. The van der Waals surface area contributed by atoms with Crippen molar-refractivity contribution < 1.29 is 24.2 Å². The van der Waals surface area contributed by atoms with Crippen LogP contribution in [0.2, 0.25) is 0 Å². The highest BCUT2D eigenvalue weighted by Crippen LogP contribution is 2.18. The van der Waals surface area contributed by atoms with E-state index in [1.54, 1.807) is 36.4 Å². The van der Waals surface area contributed by atoms with E-state index in [4.69, 9.17) is 9.52 Å². The lowest BCUT2D eigenvalue weighted by atomic mass is 10.0. The predicted molar refractivity (Wildman–Crippen MR) is 69.0 cm³/mol. The first-order chi connectivity index (χ1) is 9.59. The summed E-state index contributed by atoms with van der Waals surface area (Å²) in [6.07, 6.45) is -0.420. The van der Waals surface area contributed by atoms with Crippen LogP contribution >= 0.6 is 0 Å². The first kappa shape index (κ1) is 13.8. The Morgan fingerprint density at radius 3 is 2.35 bits per heavy atom. The molecule has 1 aromatic carbocycles. The van der Waals surface area contributed by atoms with Crippen LogP contribution in [0.1, 0.15) is 22.2 Å². The number of carboxylic acids is 1. The third-order valence-electron chi connectivity index (χ3n) is 2.76. The van der Waals surface area contributed by atoms with Crippen molar-refractivity contribution in [2.24, 2.45) is 0 Å². The van der Waals surface area contributed by atoms with E-state index >= 15 is 0 Å². The zero-order valence-corrected chi connectivity index (χ0v) is 10.4. The van der Waals surface area contributed by atoms with E-state index in [1.807, 2.05) is 0 Å². The number of furan rings is 1. The summed E-state index contributed by atoms with van der Waals surface area (Å²) < 4.78 is 4.93. The van der Waals surface area contributed by atoms with Gasteiger partial charge in [-0.3, -0.25) is 4.79 Å². The Hall–Kier alpha value is -2.60. The van der Waals surface area contributed by atoms with Gasteiger partial charge in [-0.25, -0.2) is 4.79 Å². The van der Waals surface area contributed by atoms with Crippen molar-refractivity contribution in [3.8, 4) is 0 Å². The second-order valence-corrected chi connectivity index (χ2v) is 4.12. The van der Waals surface area contributed by atoms with Crippen LogP contribution in [0.15, 0.2) is 53.1 Å². The summed E-state index contributed by atoms with van der Waals surface area (Å²) in [5.74, 6) is -1.97. The topological polar surface area (TPSA) is 99.8 Å². The molecular weight excluding hydrogens is 262 g/mol. The molecule has 0 saturated carbocycles. The summed E-state index contributed by atoms with van der Waals surface area (Å²) >= 11 is 0. The molecule has 20 heavy (non-hydrogen) atoms. The van der Waals surface area contributed by atoms with Gasteiger partial charge in [-0.2, -0.15) is 0 Å². The van der Waals surface area contributed by atoms with Crippen LogP contribution in [0, 0.1) is 0 Å². The number of benzene rings is 1. The molecule has 6 heteroatoms. The number of amides is 1. The third-order valence-corrected chi connectivity index (χ3v) is 2.76. The van der Waals surface area contributed by atoms with Gasteiger partial charge in [0.15, 0.2) is 11.9 Å². The van der Waals surface area contributed by atoms with Crippen LogP contribution in [0.4, 0.5) is 0 Å². The van der Waals surface area contributed by atoms with Gasteiger partial charge in [0.05, 0.1) is 12.3 Å². The zero-order chi connectivity index (χ0) is 14.5. The molecule has 1 heterocycles. The van der Waals surface area contributed by atoms with Crippen LogP contribution < -0.4 is 5.32 Å². The minimum atomic E-state index is -1.75. The monoisotopic (exact) mass is 275 g/mol. The van der Waals surface area contributed by atoms with Gasteiger partial charge in [0, 0.05) is 0 Å². The Balaban J connectivity index is 2.24. The Morgan fingerprint density at radius 2 is 1.80 bits per heavy atom. The summed E-state index contributed by atoms with van der Waals surface area (Å²) in [4.78, 5) is 22.9. The van der Waals surface area contributed by atoms with Crippen LogP contribution in [0.5, 0.6) is 0 Å². The SMILES string of the molecule is O=C(N[C@@H](c1ccccc1)[C@H](O)C(=O)O)c1ccco1. The normalized spacial score (nSPS) is 13.4. The van der Waals surface area contributed by atoms with Crippen LogP contribution in [0.25, 0.3) is 0 Å². The maximum Gasteiger partial charge on any atom is 0.335 e. The van der Waals surface area contributed by atoms with Crippen LogP contribution in [0.3, 0.4) is 0 Å². The maximum absolute atomic E-state index is 11.9. The standard InChI is InChI=1S/C14H13NO5/c16-12(14(18)19)11(9-5-2-1-3-6-9)15-13(17)10-7-4-8-20-10/h1-8,11-12,16H,(H,15,17)(H,18,19)/t11-,12-/m0/s1. The molecule has 1 amide bonds. The summed E-state index contributed by atoms with van der Waals surface area (Å²) in [5.41, 5.74) is 0.488. The van der Waals surface area contributed by atoms with Gasteiger partial charge in [-0.1, -0.05) is 30.3 Å². The summed E-state index contributed by atoms with van der Waals surface area (Å²) in [6, 6.07) is 10.3. The number of nitrogens with one attached hydrogen (secondary N) is 1. The molecule has 0 aliphatic heterocycles. The minimum Gasteiger partial charge on any atom is -0.479 e. The predicted octanol–water partition coefficient (Wildman–Crippen LogP) is 1.20. The van der Waals surface area contributed by atoms with Crippen molar-refractivity contribution in [3.05, 3.63) is 60.1 Å². The smallest absolute Gasteiger partial charge is 0.335 e. The Kier molecular flexibility index (Phi) is 4.17. The van der Waals surface area contributed by atoms with E-state index in [1.165, 1.54) is 12.3 Å². The van der Waals surface area contributed by atoms with Gasteiger partial charge in [0.1, 0.15) is 0 Å². The molecule has 6 nitrogen and oxygen atoms in total. The average Bonchev–Trinajstić information content (AvgIpc) is 2.99. The van der Waals surface area contributed by atoms with E-state index in [0.717, 1.165) is 0 Å². The fourth-order valence-electron chi connectivity index (χ4n) is 1.77. The quantitative estimate of drug-likeness (QED) is 0.761. The third kappa shape index (κ3) is 3.04. The molecule has 3 N–H and O–H groups in total. The van der Waals surface area contributed by atoms with E-state index in [-0.39, 0.29) is 5.76 Å². The van der Waals surface area contributed by atoms with Gasteiger partial charge >= 0.3 is 5.97 Å². The van der Waals surface area contributed by atoms with Gasteiger partial charge in [-0.15, -0.1) is 0 Å². The first-order valence-corrected chi connectivity index (χ1v) is 5.90. The van der Waals surface area contributed by atoms with E-state index in [2.05, 4.69) is 5.32 Å². The molecule has 1 aromatic heterocycles. The molecule has 0 aliphatic carbocycles. The summed E-state index contributed by atoms with van der Waals surface area (Å²) in [7, 11) is 0. The lowest BCUT2D eigenvalue weighted by molar-refractivity contribution is -0.148. The molecule has 0 spiro atoms. The second kappa shape index (κ2) is 6.03. The van der Waals surface area contributed by atoms with E-state index < -0.39 is 24.0 Å². The molecule has 0 saturated heterocycles. The van der Waals surface area contributed by atoms with Crippen molar-refractivity contribution in [1.82, 2.24) is 5.32 Å². The number of aliphatic carboxylic acids is 1. The highest BCUT2D eigenvalue weighted by molar-refractivity contribution is 5.92. The Labute approximate surface area is 114 Å². The van der Waals surface area contributed by atoms with Crippen LogP contribution in [-0.2, 0) is 4.79 Å². The van der Waals surface area contributed by atoms with E-state index in [9.17, 15) is 14.7 Å². The molecule has 0 fully saturated rings. The number of rotatable bonds is 5. The molecule has 0 radical (unpaired) electrons. The number of carboxylic acid groups (broad SMARTS) is 1. The van der Waals surface area contributed by atoms with Gasteiger partial charge in [0.25, 0.3) is 5.91 Å². The lowest BCUT2D eigenvalue weighted by Crippen LogP contribution is -2.40. The average molecular weight is 275 g/mol. The van der Waals surface area contributed by atoms with Crippen molar-refractivity contribution in [3.63, 3.8) is 0 Å². The fraction of sp³-hybridized carbons (Fsp3) is 0.143. The number of carbonyl (C=O) groups excluding carboxylic acids is 1. The molecule has 104 valence electrons. The van der Waals surface area contributed by atoms with Crippen LogP contribution in [-0.4, -0.2) is 28.2 Å². The van der Waals surface area contributed by atoms with E-state index in [0.29, 0.717) is 5.56 Å². The van der Waals surface area contributed by atoms with Crippen molar-refractivity contribution in [1.29, 1.82) is 0 Å². The van der Waals surface area contributed by atoms with Crippen molar-refractivity contribution >= 4 is 11.9 Å². The molecule has 0 aliphatic rings. The number of aliphatic hydroxyl groups is 1. The molecule has 2 rings (SSSR count). The molecule has 2 aromatic rings. The van der Waals surface area contributed by atoms with Crippen molar-refractivity contribution in [2.75, 3.05) is 0 Å². The highest BCUT2D eigenvalue weighted by atomic mass is 16.4. The highest BCUT2D eigenvalue weighted by Gasteiger charge is 2.29. The molecule has 0 unspecified atom stereocenters. The zero-order valence-electron chi connectivity index (χ0n) is 10.4. The fourth-order valence-corrected chi connectivity index (χ4v) is 1.77. The first-order valence-electron chi connectivity index (χ1n) is 5.90. The number of hydrogen-bond acceptors (Lipinski definition) is 4. The van der Waals surface area contributed by atoms with Gasteiger partial charge < -0.3 is 19.9 Å². The largest absolute Gasteiger partial charge is 0.479 e. The Bertz CT molecular complexity index is 579. The second-order valence-electron chi connectivity index (χ2n) is 4.12. The molecule has 2 atom stereocenters. The van der Waals surface area contributed by atoms with Crippen molar-refractivity contribution in [2.45, 2.75) is 12.1 Å². The van der Waals surface area contributed by atoms with Gasteiger partial charge in [-0.05, 0) is 17.7 Å². The maximum atomic E-state index is 11.9. The Morgan fingerprint density at radius 1 is 1.10 bits per heavy atom. The summed E-state index contributed by atoms with van der Waals surface area (Å²) in [5, 5.41) is 21.1. The lowest BCUT2D eigenvalue weighted by Gasteiger charge is -2.21. The molecular formula is C14H13NO5. The number of carbonyl (C=O) groups is 2.